The van der Waals surface area contributed by atoms with Crippen molar-refractivity contribution in [2.75, 3.05) is 6.54 Å². The quantitative estimate of drug-likeness (QED) is 0.0333. The lowest BCUT2D eigenvalue weighted by Crippen LogP contribution is -2.68. The van der Waals surface area contributed by atoms with E-state index in [1.807, 2.05) is 24.3 Å². The minimum absolute atomic E-state index is 0.0823. The number of unbranched alkanes of at least 4 members (excludes halogenated alkanes) is 6. The molecule has 362 valence electrons. The van der Waals surface area contributed by atoms with Crippen molar-refractivity contribution in [1.82, 2.24) is 5.32 Å². The smallest absolute Gasteiger partial charge is 0.277 e. The summed E-state index contributed by atoms with van der Waals surface area (Å²) in [6.07, 6.45) is 36.8. The number of aliphatic hydroxyl groups excluding tert-OH is 6. The van der Waals surface area contributed by atoms with E-state index < -0.39 is 48.5 Å². The first kappa shape index (κ1) is 63.3. The van der Waals surface area contributed by atoms with Gasteiger partial charge in [-0.15, -0.1) is 0 Å². The largest absolute Gasteiger partial charge is 0.550 e. The van der Waals surface area contributed by atoms with Gasteiger partial charge in [-0.2, -0.15) is 0 Å². The number of allylic oxidation sites excluding steroid dienone is 12. The molecule has 0 fully saturated rings. The highest BCUT2D eigenvalue weighted by atomic mass is 16.4. The maximum atomic E-state index is 11.1. The van der Waals surface area contributed by atoms with Crippen LogP contribution >= 0.6 is 0 Å². The zero-order valence-corrected chi connectivity index (χ0v) is 38.7. The van der Waals surface area contributed by atoms with Crippen LogP contribution in [0, 0.1) is 0 Å². The molecule has 0 saturated heterocycles. The summed E-state index contributed by atoms with van der Waals surface area (Å²) >= 11 is 0. The highest BCUT2D eigenvalue weighted by molar-refractivity contribution is 5.79. The Morgan fingerprint density at radius 1 is 0.508 bits per heavy atom. The molecule has 0 aliphatic heterocycles. The SMILES string of the molecule is CCCCC[C@@H](O)/C=C/C=C\C=C\C=C\[C@@H](O)[C@@H](O)CCCC.CCCCC[C@@H](O)/C=C/C=C\C=C\C=C\[C@@H](O)[C@@H](O)CCCC(=O)[O-].C[C@H]([NH3+])C(=O)NCCCC[C@H]([NH3+])C(=O)[O-]. The van der Waals surface area contributed by atoms with Crippen LogP contribution in [0.15, 0.2) is 97.2 Å². The number of rotatable bonds is 34. The minimum atomic E-state index is -1.16. The first-order valence-corrected chi connectivity index (χ1v) is 22.8. The Morgan fingerprint density at radius 3 is 1.27 bits per heavy atom. The third kappa shape index (κ3) is 47.3. The van der Waals surface area contributed by atoms with Gasteiger partial charge in [0.05, 0.1) is 42.6 Å². The maximum Gasteiger partial charge on any atom is 0.277 e. The lowest BCUT2D eigenvalue weighted by atomic mass is 10.1. The standard InChI is InChI=1S/C20H32O5.C20H34O3.C9H19N3O3/c1-2-3-8-12-17(21)13-9-6-4-5-7-10-14-18(22)19(23)15-11-16-20(24)25;1-3-5-11-14-18(21)15-12-9-7-8-10-13-17-20(23)19(22)16-6-4-2;1-6(10)8(13)12-5-3-2-4-7(11)9(14)15/h4-7,9-10,13-14,17-19,21-23H,2-3,8,11-12,15-16H2,1H3,(H,24,25);7-10,12-13,15,17-23H,3-6,11,14,16H2,1-2H3;6-7H,2-5,10-11H2,1H3,(H,12,13)(H,14,15)/b6-4-,7-5+,13-9+,14-10+;9-7-,10-8+,15-12+,17-13+;/t17-,18-,19+;18-,19+,20-;6-,7-/m110/s1. The van der Waals surface area contributed by atoms with E-state index in [0.29, 0.717) is 25.8 Å². The molecule has 0 rings (SSSR count). The number of carboxylic acid groups (broad SMARTS) is 2. The average molecular weight is 892 g/mol. The first-order chi connectivity index (χ1) is 30.0. The van der Waals surface area contributed by atoms with Crippen LogP contribution in [0.2, 0.25) is 0 Å². The van der Waals surface area contributed by atoms with E-state index in [1.165, 1.54) is 12.5 Å². The van der Waals surface area contributed by atoms with Crippen LogP contribution in [0.4, 0.5) is 0 Å². The zero-order chi connectivity index (χ0) is 48.1. The van der Waals surface area contributed by atoms with Gasteiger partial charge in [0.1, 0.15) is 6.04 Å². The fourth-order valence-electron chi connectivity index (χ4n) is 5.14. The molecule has 63 heavy (non-hydrogen) atoms. The Kier molecular flexibility index (Phi) is 46.2. The van der Waals surface area contributed by atoms with Crippen LogP contribution in [0.1, 0.15) is 137 Å². The van der Waals surface area contributed by atoms with E-state index in [0.717, 1.165) is 64.2 Å². The van der Waals surface area contributed by atoms with Gasteiger partial charge in [0.15, 0.2) is 6.04 Å². The molecule has 0 spiro atoms. The van der Waals surface area contributed by atoms with E-state index in [2.05, 4.69) is 37.6 Å². The number of carbonyl (C=O) groups excluding carboxylic acids is 3. The molecule has 0 heterocycles. The van der Waals surface area contributed by atoms with Crippen molar-refractivity contribution in [1.29, 1.82) is 0 Å². The molecule has 0 aromatic carbocycles. The molecule has 13 N–H and O–H groups in total. The molecule has 0 aromatic heterocycles. The molecule has 0 bridgehead atoms. The van der Waals surface area contributed by atoms with E-state index in [1.54, 1.807) is 73.8 Å². The lowest BCUT2D eigenvalue weighted by Gasteiger charge is -2.14. The van der Waals surface area contributed by atoms with Crippen LogP contribution in [0.5, 0.6) is 0 Å². The van der Waals surface area contributed by atoms with Crippen molar-refractivity contribution < 1.29 is 66.7 Å². The summed E-state index contributed by atoms with van der Waals surface area (Å²) in [4.78, 5) is 31.6. The molecule has 0 aliphatic rings. The predicted octanol–water partition coefficient (Wildman–Crippen LogP) is 2.12. The number of aliphatic carboxylic acids is 2. The molecular formula is C49H85N3O11. The first-order valence-electron chi connectivity index (χ1n) is 22.8. The summed E-state index contributed by atoms with van der Waals surface area (Å²) in [7, 11) is 0. The van der Waals surface area contributed by atoms with Gasteiger partial charge >= 0.3 is 0 Å². The number of hydrogen-bond donors (Lipinski definition) is 9. The van der Waals surface area contributed by atoms with Crippen molar-refractivity contribution >= 4 is 17.8 Å². The minimum Gasteiger partial charge on any atom is -0.550 e. The van der Waals surface area contributed by atoms with Crippen molar-refractivity contribution in [3.8, 4) is 0 Å². The summed E-state index contributed by atoms with van der Waals surface area (Å²) in [5.41, 5.74) is 7.02. The van der Waals surface area contributed by atoms with E-state index >= 15 is 0 Å². The van der Waals surface area contributed by atoms with Crippen LogP contribution < -0.4 is 27.0 Å². The summed E-state index contributed by atoms with van der Waals surface area (Å²) in [5, 5.41) is 81.4. The molecule has 0 radical (unpaired) electrons. The number of amides is 1. The van der Waals surface area contributed by atoms with Crippen LogP contribution in [0.3, 0.4) is 0 Å². The monoisotopic (exact) mass is 892 g/mol. The van der Waals surface area contributed by atoms with Crippen molar-refractivity contribution in [3.63, 3.8) is 0 Å². The molecule has 8 atom stereocenters. The highest BCUT2D eigenvalue weighted by Gasteiger charge is 2.13. The second-order valence-corrected chi connectivity index (χ2v) is 15.4. The zero-order valence-electron chi connectivity index (χ0n) is 38.7. The molecule has 14 nitrogen and oxygen atoms in total. The molecule has 0 aliphatic carbocycles. The summed E-state index contributed by atoms with van der Waals surface area (Å²) in [6, 6.07) is -0.915. The van der Waals surface area contributed by atoms with Gasteiger partial charge in [0, 0.05) is 18.9 Å². The summed E-state index contributed by atoms with van der Waals surface area (Å²) < 4.78 is 0. The fraction of sp³-hybridized carbons (Fsp3) is 0.612. The number of hydrogen-bond acceptors (Lipinski definition) is 11. The van der Waals surface area contributed by atoms with Crippen LogP contribution in [-0.2, 0) is 14.4 Å². The number of nitrogens with one attached hydrogen (secondary N) is 1. The Morgan fingerprint density at radius 2 is 0.889 bits per heavy atom. The van der Waals surface area contributed by atoms with E-state index in [9.17, 15) is 55.2 Å². The molecular weight excluding hydrogens is 807 g/mol. The van der Waals surface area contributed by atoms with E-state index in [4.69, 9.17) is 0 Å². The van der Waals surface area contributed by atoms with Gasteiger partial charge in [0.2, 0.25) is 0 Å². The van der Waals surface area contributed by atoms with Gasteiger partial charge in [-0.25, -0.2) is 0 Å². The van der Waals surface area contributed by atoms with Crippen molar-refractivity contribution in [2.24, 2.45) is 0 Å². The normalized spacial score (nSPS) is 16.1. The topological polar surface area (TPSA) is 286 Å². The Hall–Kier alpha value is -3.99. The number of aliphatic hydroxyl groups is 6. The fourth-order valence-corrected chi connectivity index (χ4v) is 5.14. The van der Waals surface area contributed by atoms with Gasteiger partial charge in [-0.05, 0) is 58.3 Å². The Labute approximate surface area is 378 Å². The number of quaternary nitrogens is 2. The third-order valence-corrected chi connectivity index (χ3v) is 9.18. The second-order valence-electron chi connectivity index (χ2n) is 15.4. The maximum absolute atomic E-state index is 11.1. The Bertz CT molecular complexity index is 1360. The lowest BCUT2D eigenvalue weighted by molar-refractivity contribution is -0.438. The van der Waals surface area contributed by atoms with Crippen LogP contribution in [-0.4, -0.2) is 104 Å². The van der Waals surface area contributed by atoms with Gasteiger partial charge in [-0.1, -0.05) is 169 Å². The Balaban J connectivity index is -0.000000884. The molecule has 0 saturated carbocycles. The van der Waals surface area contributed by atoms with Gasteiger partial charge in [-0.3, -0.25) is 4.79 Å². The molecule has 0 unspecified atom stereocenters. The van der Waals surface area contributed by atoms with E-state index in [-0.39, 0.29) is 37.3 Å². The number of carbonyl (C=O) groups is 3. The predicted molar refractivity (Wildman–Crippen MR) is 247 cm³/mol. The molecule has 1 amide bonds. The van der Waals surface area contributed by atoms with Crippen molar-refractivity contribution in [2.45, 2.75) is 186 Å². The summed E-state index contributed by atoms with van der Waals surface area (Å²) in [5.74, 6) is -2.36. The van der Waals surface area contributed by atoms with Crippen LogP contribution in [0.25, 0.3) is 0 Å². The van der Waals surface area contributed by atoms with Gasteiger partial charge in [0.25, 0.3) is 5.91 Å². The molecule has 14 heteroatoms. The molecule has 0 aromatic rings. The number of carboxylic acids is 2. The second kappa shape index (κ2) is 46.0. The highest BCUT2D eigenvalue weighted by Crippen LogP contribution is 2.08. The van der Waals surface area contributed by atoms with Gasteiger partial charge < -0.3 is 67.2 Å². The third-order valence-electron chi connectivity index (χ3n) is 9.18. The average Bonchev–Trinajstić information content (AvgIpc) is 3.24. The summed E-state index contributed by atoms with van der Waals surface area (Å²) in [6.45, 7) is 8.61. The van der Waals surface area contributed by atoms with Crippen molar-refractivity contribution in [3.05, 3.63) is 97.2 Å².